The number of non-ortho nitro benzene ring substituents is 1. The van der Waals surface area contributed by atoms with Gasteiger partial charge in [0.1, 0.15) is 0 Å². The predicted octanol–water partition coefficient (Wildman–Crippen LogP) is 3.25. The van der Waals surface area contributed by atoms with Crippen LogP contribution < -0.4 is 0 Å². The number of hydrogen-bond donors (Lipinski definition) is 1. The Kier molecular flexibility index (Phi) is 4.65. The van der Waals surface area contributed by atoms with Crippen molar-refractivity contribution in [3.05, 3.63) is 39.9 Å². The van der Waals surface area contributed by atoms with Crippen LogP contribution >= 0.6 is 0 Å². The summed E-state index contributed by atoms with van der Waals surface area (Å²) in [7, 11) is -1.70. The Bertz CT molecular complexity index is 466. The summed E-state index contributed by atoms with van der Waals surface area (Å²) >= 11 is 0. The van der Waals surface area contributed by atoms with Gasteiger partial charge >= 0.3 is 6.16 Å². The Morgan fingerprint density at radius 3 is 2.26 bits per heavy atom. The Labute approximate surface area is 112 Å². The number of rotatable bonds is 5. The molecule has 6 nitrogen and oxygen atoms in total. The Hall–Kier alpha value is -1.89. The van der Waals surface area contributed by atoms with E-state index in [0.717, 1.165) is 5.56 Å². The second-order valence-corrected chi connectivity index (χ2v) is 10.8. The predicted molar refractivity (Wildman–Crippen MR) is 73.2 cm³/mol. The van der Waals surface area contributed by atoms with Crippen LogP contribution in [0.25, 0.3) is 0 Å². The molecule has 1 atom stereocenters. The van der Waals surface area contributed by atoms with Gasteiger partial charge in [0.15, 0.2) is 0 Å². The lowest BCUT2D eigenvalue weighted by Crippen LogP contribution is -2.34. The molecule has 0 bridgehead atoms. The summed E-state index contributed by atoms with van der Waals surface area (Å²) in [4.78, 5) is 20.7. The molecule has 0 spiro atoms. The van der Waals surface area contributed by atoms with Crippen molar-refractivity contribution >= 4 is 19.9 Å². The van der Waals surface area contributed by atoms with Crippen molar-refractivity contribution in [3.63, 3.8) is 0 Å². The summed E-state index contributed by atoms with van der Waals surface area (Å²) in [6.45, 7) is 6.39. The molecule has 104 valence electrons. The highest BCUT2D eigenvalue weighted by Gasteiger charge is 2.29. The zero-order valence-corrected chi connectivity index (χ0v) is 12.1. The summed E-state index contributed by atoms with van der Waals surface area (Å²) in [5.74, 6) is 0. The molecule has 19 heavy (non-hydrogen) atoms. The standard InChI is InChI=1S/C12H17NO5Si/c1-19(2,3)11(8-18-12(14)15)9-4-6-10(7-5-9)13(16)17/h4-7,11H,8H2,1-3H3,(H,14,15). The van der Waals surface area contributed by atoms with Gasteiger partial charge in [-0.1, -0.05) is 31.8 Å². The molecule has 0 fully saturated rings. The second kappa shape index (κ2) is 5.83. The van der Waals surface area contributed by atoms with E-state index in [1.807, 2.05) is 0 Å². The summed E-state index contributed by atoms with van der Waals surface area (Å²) < 4.78 is 4.68. The van der Waals surface area contributed by atoms with E-state index in [2.05, 4.69) is 24.4 Å². The van der Waals surface area contributed by atoms with E-state index in [0.29, 0.717) is 0 Å². The third-order valence-corrected chi connectivity index (χ3v) is 5.52. The van der Waals surface area contributed by atoms with E-state index in [1.54, 1.807) is 12.1 Å². The number of hydrogen-bond acceptors (Lipinski definition) is 4. The number of benzene rings is 1. The Morgan fingerprint density at radius 1 is 1.37 bits per heavy atom. The quantitative estimate of drug-likeness (QED) is 0.388. The first-order chi connectivity index (χ1) is 8.71. The topological polar surface area (TPSA) is 89.7 Å². The molecule has 1 unspecified atom stereocenters. The highest BCUT2D eigenvalue weighted by atomic mass is 28.3. The number of nitro groups is 1. The van der Waals surface area contributed by atoms with Gasteiger partial charge in [-0.25, -0.2) is 4.79 Å². The van der Waals surface area contributed by atoms with Gasteiger partial charge in [-0.05, 0) is 5.56 Å². The van der Waals surface area contributed by atoms with Crippen molar-refractivity contribution in [2.75, 3.05) is 6.61 Å². The molecule has 7 heteroatoms. The molecule has 0 saturated carbocycles. The highest BCUT2D eigenvalue weighted by molar-refractivity contribution is 6.77. The SMILES string of the molecule is C[Si](C)(C)C(COC(=O)O)c1ccc([N+](=O)[O-])cc1. The zero-order valence-electron chi connectivity index (χ0n) is 11.1. The van der Waals surface area contributed by atoms with Crippen molar-refractivity contribution in [3.8, 4) is 0 Å². The van der Waals surface area contributed by atoms with E-state index < -0.39 is 19.2 Å². The molecule has 1 N–H and O–H groups in total. The lowest BCUT2D eigenvalue weighted by Gasteiger charge is -2.28. The highest BCUT2D eigenvalue weighted by Crippen LogP contribution is 2.28. The van der Waals surface area contributed by atoms with Crippen molar-refractivity contribution in [2.45, 2.75) is 25.2 Å². The fourth-order valence-corrected chi connectivity index (χ4v) is 3.60. The third-order valence-electron chi connectivity index (χ3n) is 2.93. The molecule has 0 aliphatic rings. The number of carboxylic acid groups (broad SMARTS) is 1. The van der Waals surface area contributed by atoms with E-state index in [-0.39, 0.29) is 17.8 Å². The van der Waals surface area contributed by atoms with Crippen molar-refractivity contribution in [1.29, 1.82) is 0 Å². The van der Waals surface area contributed by atoms with Crippen LogP contribution in [-0.4, -0.2) is 30.9 Å². The molecule has 1 aromatic rings. The largest absolute Gasteiger partial charge is 0.505 e. The summed E-state index contributed by atoms with van der Waals surface area (Å²) in [6.07, 6.45) is -1.30. The van der Waals surface area contributed by atoms with Crippen LogP contribution in [0.15, 0.2) is 24.3 Å². The number of ether oxygens (including phenoxy) is 1. The minimum atomic E-state index is -1.70. The number of nitro benzene ring substituents is 1. The van der Waals surface area contributed by atoms with Crippen LogP contribution in [0.3, 0.4) is 0 Å². The van der Waals surface area contributed by atoms with Gasteiger partial charge in [0.25, 0.3) is 5.69 Å². The maximum absolute atomic E-state index is 10.6. The van der Waals surface area contributed by atoms with Gasteiger partial charge < -0.3 is 9.84 Å². The van der Waals surface area contributed by atoms with Crippen molar-refractivity contribution < 1.29 is 19.6 Å². The molecule has 0 aromatic heterocycles. The second-order valence-electron chi connectivity index (χ2n) is 5.34. The van der Waals surface area contributed by atoms with Crippen LogP contribution in [0.5, 0.6) is 0 Å². The fourth-order valence-electron chi connectivity index (χ4n) is 1.83. The number of carbonyl (C=O) groups is 1. The smallest absolute Gasteiger partial charge is 0.450 e. The fraction of sp³-hybridized carbons (Fsp3) is 0.417. The average molecular weight is 283 g/mol. The van der Waals surface area contributed by atoms with Crippen LogP contribution in [0, 0.1) is 10.1 Å². The van der Waals surface area contributed by atoms with Crippen molar-refractivity contribution in [1.82, 2.24) is 0 Å². The van der Waals surface area contributed by atoms with Crippen LogP contribution in [-0.2, 0) is 4.74 Å². The lowest BCUT2D eigenvalue weighted by molar-refractivity contribution is -0.384. The molecule has 0 aliphatic carbocycles. The molecule has 0 amide bonds. The molecular weight excluding hydrogens is 266 g/mol. The lowest BCUT2D eigenvalue weighted by atomic mass is 10.1. The molecule has 0 heterocycles. The summed E-state index contributed by atoms with van der Waals surface area (Å²) in [6, 6.07) is 6.21. The van der Waals surface area contributed by atoms with Crippen molar-refractivity contribution in [2.24, 2.45) is 0 Å². The van der Waals surface area contributed by atoms with Gasteiger partial charge in [-0.3, -0.25) is 10.1 Å². The van der Waals surface area contributed by atoms with E-state index in [9.17, 15) is 14.9 Å². The minimum absolute atomic E-state index is 0.0237. The average Bonchev–Trinajstić information content (AvgIpc) is 2.27. The molecule has 1 aromatic carbocycles. The van der Waals surface area contributed by atoms with Gasteiger partial charge in [-0.15, -0.1) is 0 Å². The van der Waals surface area contributed by atoms with E-state index in [4.69, 9.17) is 5.11 Å². The molecule has 1 rings (SSSR count). The summed E-state index contributed by atoms with van der Waals surface area (Å²) in [5, 5.41) is 19.2. The molecule has 0 radical (unpaired) electrons. The third kappa shape index (κ3) is 4.36. The zero-order chi connectivity index (χ0) is 14.6. The minimum Gasteiger partial charge on any atom is -0.450 e. The van der Waals surface area contributed by atoms with Gasteiger partial charge in [0.05, 0.1) is 19.6 Å². The van der Waals surface area contributed by atoms with E-state index >= 15 is 0 Å². The first-order valence-electron chi connectivity index (χ1n) is 5.82. The maximum atomic E-state index is 10.6. The molecular formula is C12H17NO5Si. The monoisotopic (exact) mass is 283 g/mol. The van der Waals surface area contributed by atoms with Gasteiger partial charge in [0, 0.05) is 17.7 Å². The Morgan fingerprint density at radius 2 is 1.89 bits per heavy atom. The normalized spacial score (nSPS) is 12.8. The first kappa shape index (κ1) is 15.2. The maximum Gasteiger partial charge on any atom is 0.505 e. The number of nitrogens with zero attached hydrogens (tertiary/aromatic N) is 1. The van der Waals surface area contributed by atoms with Crippen LogP contribution in [0.1, 0.15) is 11.1 Å². The van der Waals surface area contributed by atoms with E-state index in [1.165, 1.54) is 12.1 Å². The molecule has 0 saturated heterocycles. The molecule has 0 aliphatic heterocycles. The first-order valence-corrected chi connectivity index (χ1v) is 9.39. The van der Waals surface area contributed by atoms with Gasteiger partial charge in [-0.2, -0.15) is 0 Å². The summed E-state index contributed by atoms with van der Waals surface area (Å²) in [5.41, 5.74) is 0.882. The van der Waals surface area contributed by atoms with Gasteiger partial charge in [0.2, 0.25) is 0 Å². The van der Waals surface area contributed by atoms with Crippen LogP contribution in [0.4, 0.5) is 10.5 Å². The Balaban J connectivity index is 2.97. The van der Waals surface area contributed by atoms with Crippen LogP contribution in [0.2, 0.25) is 19.6 Å².